The molecule has 0 saturated heterocycles. The molecule has 102 valence electrons. The van der Waals surface area contributed by atoms with Crippen LogP contribution in [0.5, 0.6) is 0 Å². The maximum Gasteiger partial charge on any atom is 0.243 e. The minimum atomic E-state index is -3.79. The smallest absolute Gasteiger partial charge is 0.243 e. The Hall–Kier alpha value is -0.820. The Kier molecular flexibility index (Phi) is 4.98. The molecule has 0 fully saturated rings. The van der Waals surface area contributed by atoms with Crippen molar-refractivity contribution in [3.63, 3.8) is 0 Å². The summed E-state index contributed by atoms with van der Waals surface area (Å²) in [6, 6.07) is 3.67. The summed E-state index contributed by atoms with van der Waals surface area (Å²) in [7, 11) is -3.79. The van der Waals surface area contributed by atoms with Crippen molar-refractivity contribution in [2.24, 2.45) is 5.92 Å². The van der Waals surface area contributed by atoms with Gasteiger partial charge < -0.3 is 10.8 Å². The zero-order valence-corrected chi connectivity index (χ0v) is 11.8. The lowest BCUT2D eigenvalue weighted by Gasteiger charge is -2.20. The average molecular weight is 293 g/mol. The van der Waals surface area contributed by atoms with Gasteiger partial charge in [0.25, 0.3) is 0 Å². The van der Waals surface area contributed by atoms with E-state index in [4.69, 9.17) is 22.4 Å². The highest BCUT2D eigenvalue weighted by Gasteiger charge is 2.23. The molecule has 0 bridgehead atoms. The largest absolute Gasteiger partial charge is 0.398 e. The van der Waals surface area contributed by atoms with Crippen molar-refractivity contribution in [3.05, 3.63) is 23.2 Å². The maximum atomic E-state index is 12.1. The standard InChI is InChI=1S/C11H17ClN2O3S/c1-7(2)10(6-15)14-18(16,17)11-5-8(12)3-4-9(11)13/h3-5,7,10,14-15H,6,13H2,1-2H3/t10-/m1/s1. The van der Waals surface area contributed by atoms with Crippen LogP contribution < -0.4 is 10.5 Å². The van der Waals surface area contributed by atoms with Crippen molar-refractivity contribution >= 4 is 27.3 Å². The highest BCUT2D eigenvalue weighted by atomic mass is 35.5. The van der Waals surface area contributed by atoms with Gasteiger partial charge in [0.15, 0.2) is 0 Å². The lowest BCUT2D eigenvalue weighted by molar-refractivity contribution is 0.227. The molecular formula is C11H17ClN2O3S. The fraction of sp³-hybridized carbons (Fsp3) is 0.455. The minimum absolute atomic E-state index is 0.0369. The second-order valence-corrected chi connectivity index (χ2v) is 6.46. The van der Waals surface area contributed by atoms with Crippen LogP contribution in [-0.2, 0) is 10.0 Å². The normalized spacial score (nSPS) is 13.8. The number of aliphatic hydroxyl groups is 1. The van der Waals surface area contributed by atoms with Crippen LogP contribution in [0.25, 0.3) is 0 Å². The first kappa shape index (κ1) is 15.2. The third-order valence-corrected chi connectivity index (χ3v) is 4.35. The summed E-state index contributed by atoms with van der Waals surface area (Å²) in [5, 5.41) is 9.43. The molecule has 5 nitrogen and oxygen atoms in total. The van der Waals surface area contributed by atoms with Crippen LogP contribution in [-0.4, -0.2) is 26.2 Å². The van der Waals surface area contributed by atoms with Gasteiger partial charge in [0.1, 0.15) is 4.90 Å². The number of hydrogen-bond donors (Lipinski definition) is 3. The summed E-state index contributed by atoms with van der Waals surface area (Å²) in [4.78, 5) is -0.0749. The molecule has 0 amide bonds. The Bertz CT molecular complexity index is 517. The van der Waals surface area contributed by atoms with Gasteiger partial charge in [-0.25, -0.2) is 13.1 Å². The van der Waals surface area contributed by atoms with E-state index >= 15 is 0 Å². The van der Waals surface area contributed by atoms with Gasteiger partial charge >= 0.3 is 0 Å². The van der Waals surface area contributed by atoms with E-state index in [-0.39, 0.29) is 28.1 Å². The Balaban J connectivity index is 3.10. The Morgan fingerprint density at radius 2 is 2.06 bits per heavy atom. The molecule has 1 atom stereocenters. The van der Waals surface area contributed by atoms with Crippen LogP contribution in [0.4, 0.5) is 5.69 Å². The molecule has 0 aliphatic rings. The molecule has 0 aliphatic carbocycles. The summed E-state index contributed by atoms with van der Waals surface area (Å²) in [5.74, 6) is -0.0369. The van der Waals surface area contributed by atoms with Crippen LogP contribution in [0.1, 0.15) is 13.8 Å². The van der Waals surface area contributed by atoms with Gasteiger partial charge in [-0.15, -0.1) is 0 Å². The minimum Gasteiger partial charge on any atom is -0.398 e. The first-order valence-electron chi connectivity index (χ1n) is 5.46. The number of halogens is 1. The van der Waals surface area contributed by atoms with Gasteiger partial charge in [0.2, 0.25) is 10.0 Å². The summed E-state index contributed by atoms with van der Waals surface area (Å²) < 4.78 is 26.6. The molecule has 0 saturated carbocycles. The number of benzene rings is 1. The van der Waals surface area contributed by atoms with Gasteiger partial charge in [-0.2, -0.15) is 0 Å². The second-order valence-electron chi connectivity index (χ2n) is 4.34. The van der Waals surface area contributed by atoms with Crippen molar-refractivity contribution in [2.75, 3.05) is 12.3 Å². The van der Waals surface area contributed by atoms with Crippen molar-refractivity contribution in [1.82, 2.24) is 4.72 Å². The fourth-order valence-electron chi connectivity index (χ4n) is 1.39. The van der Waals surface area contributed by atoms with E-state index in [2.05, 4.69) is 4.72 Å². The van der Waals surface area contributed by atoms with Crippen LogP contribution in [0.15, 0.2) is 23.1 Å². The molecule has 1 aromatic rings. The Morgan fingerprint density at radius 3 is 2.56 bits per heavy atom. The molecular weight excluding hydrogens is 276 g/mol. The SMILES string of the molecule is CC(C)[C@@H](CO)NS(=O)(=O)c1cc(Cl)ccc1N. The molecule has 4 N–H and O–H groups in total. The third kappa shape index (κ3) is 3.58. The van der Waals surface area contributed by atoms with E-state index in [0.717, 1.165) is 0 Å². The molecule has 7 heteroatoms. The highest BCUT2D eigenvalue weighted by molar-refractivity contribution is 7.89. The number of rotatable bonds is 5. The number of hydrogen-bond acceptors (Lipinski definition) is 4. The van der Waals surface area contributed by atoms with Crippen molar-refractivity contribution in [3.8, 4) is 0 Å². The van der Waals surface area contributed by atoms with Crippen LogP contribution in [0, 0.1) is 5.92 Å². The number of anilines is 1. The number of nitrogen functional groups attached to an aromatic ring is 1. The van der Waals surface area contributed by atoms with E-state index < -0.39 is 16.1 Å². The lowest BCUT2D eigenvalue weighted by Crippen LogP contribution is -2.41. The van der Waals surface area contributed by atoms with Crippen molar-refractivity contribution < 1.29 is 13.5 Å². The number of nitrogens with one attached hydrogen (secondary N) is 1. The molecule has 0 aromatic heterocycles. The van der Waals surface area contributed by atoms with E-state index in [9.17, 15) is 8.42 Å². The van der Waals surface area contributed by atoms with Gasteiger partial charge in [0.05, 0.1) is 12.3 Å². The summed E-state index contributed by atoms with van der Waals surface area (Å²) in [6.45, 7) is 3.34. The third-order valence-electron chi connectivity index (χ3n) is 2.57. The molecule has 1 rings (SSSR count). The predicted molar refractivity (Wildman–Crippen MR) is 71.9 cm³/mol. The average Bonchev–Trinajstić information content (AvgIpc) is 2.28. The van der Waals surface area contributed by atoms with Crippen molar-refractivity contribution in [2.45, 2.75) is 24.8 Å². The van der Waals surface area contributed by atoms with E-state index in [0.29, 0.717) is 0 Å². The fourth-order valence-corrected chi connectivity index (χ4v) is 3.16. The predicted octanol–water partition coefficient (Wildman–Crippen LogP) is 1.22. The zero-order valence-electron chi connectivity index (χ0n) is 10.2. The first-order valence-corrected chi connectivity index (χ1v) is 7.32. The first-order chi connectivity index (χ1) is 8.27. The van der Waals surface area contributed by atoms with Gasteiger partial charge in [-0.3, -0.25) is 0 Å². The topological polar surface area (TPSA) is 92.4 Å². The lowest BCUT2D eigenvalue weighted by atomic mass is 10.1. The van der Waals surface area contributed by atoms with E-state index in [1.54, 1.807) is 0 Å². The molecule has 0 spiro atoms. The van der Waals surface area contributed by atoms with Gasteiger partial charge in [-0.1, -0.05) is 25.4 Å². The summed E-state index contributed by atoms with van der Waals surface area (Å²) >= 11 is 5.76. The Morgan fingerprint density at radius 1 is 1.44 bits per heavy atom. The van der Waals surface area contributed by atoms with Gasteiger partial charge in [-0.05, 0) is 24.1 Å². The van der Waals surface area contributed by atoms with Crippen LogP contribution in [0.2, 0.25) is 5.02 Å². The highest BCUT2D eigenvalue weighted by Crippen LogP contribution is 2.23. The number of nitrogens with two attached hydrogens (primary N) is 1. The quantitative estimate of drug-likeness (QED) is 0.712. The second kappa shape index (κ2) is 5.88. The number of aliphatic hydroxyl groups excluding tert-OH is 1. The van der Waals surface area contributed by atoms with Crippen molar-refractivity contribution in [1.29, 1.82) is 0 Å². The molecule has 1 aromatic carbocycles. The molecule has 0 aliphatic heterocycles. The summed E-state index contributed by atoms with van der Waals surface area (Å²) in [5.41, 5.74) is 5.75. The number of sulfonamides is 1. The van der Waals surface area contributed by atoms with Crippen LogP contribution >= 0.6 is 11.6 Å². The van der Waals surface area contributed by atoms with E-state index in [1.165, 1.54) is 18.2 Å². The van der Waals surface area contributed by atoms with Crippen LogP contribution in [0.3, 0.4) is 0 Å². The molecule has 0 unspecified atom stereocenters. The van der Waals surface area contributed by atoms with Gasteiger partial charge in [0, 0.05) is 11.1 Å². The molecule has 0 radical (unpaired) electrons. The molecule has 0 heterocycles. The molecule has 18 heavy (non-hydrogen) atoms. The summed E-state index contributed by atoms with van der Waals surface area (Å²) in [6.07, 6.45) is 0. The van der Waals surface area contributed by atoms with E-state index in [1.807, 2.05) is 13.8 Å². The maximum absolute atomic E-state index is 12.1. The monoisotopic (exact) mass is 292 g/mol. The Labute approximate surface area is 112 Å². The zero-order chi connectivity index (χ0) is 13.9.